The van der Waals surface area contributed by atoms with Crippen molar-refractivity contribution in [2.45, 2.75) is 6.04 Å². The molecule has 0 aromatic rings. The highest BCUT2D eigenvalue weighted by Crippen LogP contribution is 1.87. The summed E-state index contributed by atoms with van der Waals surface area (Å²) in [4.78, 5) is 32.3. The number of aliphatic carboxylic acids is 1. The zero-order valence-electron chi connectivity index (χ0n) is 7.77. The van der Waals surface area contributed by atoms with Gasteiger partial charge in [-0.25, -0.2) is 4.79 Å². The lowest BCUT2D eigenvalue weighted by Gasteiger charge is -2.11. The van der Waals surface area contributed by atoms with Gasteiger partial charge in [0.05, 0.1) is 12.3 Å². The molecule has 0 aromatic carbocycles. The summed E-state index contributed by atoms with van der Waals surface area (Å²) in [7, 11) is 0. The first kappa shape index (κ1) is 14.1. The summed E-state index contributed by atoms with van der Waals surface area (Å²) >= 11 is 7.45. The SMILES string of the molecule is O=C(CS)NCC(=O)NC(CS)C(=O)O. The molecule has 0 spiro atoms. The second-order valence-corrected chi connectivity index (χ2v) is 3.26. The van der Waals surface area contributed by atoms with E-state index in [1.807, 2.05) is 0 Å². The molecule has 1 atom stereocenters. The third-order valence-electron chi connectivity index (χ3n) is 1.41. The molecule has 0 fully saturated rings. The molecule has 3 N–H and O–H groups in total. The predicted molar refractivity (Wildman–Crippen MR) is 60.3 cm³/mol. The number of hydrogen-bond acceptors (Lipinski definition) is 5. The number of carbonyl (C=O) groups is 3. The summed E-state index contributed by atoms with van der Waals surface area (Å²) in [6, 6.07) is -1.05. The summed E-state index contributed by atoms with van der Waals surface area (Å²) < 4.78 is 0. The van der Waals surface area contributed by atoms with E-state index >= 15 is 0 Å². The van der Waals surface area contributed by atoms with Gasteiger partial charge in [-0.15, -0.1) is 0 Å². The van der Waals surface area contributed by atoms with E-state index in [0.717, 1.165) is 0 Å². The third-order valence-corrected chi connectivity index (χ3v) is 2.06. The predicted octanol–water partition coefficient (Wildman–Crippen LogP) is -1.47. The van der Waals surface area contributed by atoms with Crippen molar-refractivity contribution in [2.24, 2.45) is 0 Å². The molecule has 0 saturated heterocycles. The zero-order chi connectivity index (χ0) is 11.8. The largest absolute Gasteiger partial charge is 0.480 e. The number of thiol groups is 2. The standard InChI is InChI=1S/C7H12N2O4S2/c10-5(1-8-6(11)3-15)9-4(2-14)7(12)13/h4,14-15H,1-3H2,(H,8,11)(H,9,10)(H,12,13). The van der Waals surface area contributed by atoms with Gasteiger partial charge in [-0.2, -0.15) is 25.3 Å². The Balaban J connectivity index is 3.91. The Morgan fingerprint density at radius 2 is 1.80 bits per heavy atom. The van der Waals surface area contributed by atoms with E-state index < -0.39 is 23.8 Å². The van der Waals surface area contributed by atoms with E-state index in [0.29, 0.717) is 0 Å². The number of carboxylic acid groups (broad SMARTS) is 1. The molecule has 0 heterocycles. The lowest BCUT2D eigenvalue weighted by Crippen LogP contribution is -2.46. The fourth-order valence-electron chi connectivity index (χ4n) is 0.666. The third kappa shape index (κ3) is 6.24. The average molecular weight is 252 g/mol. The molecule has 0 aliphatic rings. The Morgan fingerprint density at radius 3 is 2.20 bits per heavy atom. The van der Waals surface area contributed by atoms with Crippen molar-refractivity contribution in [1.29, 1.82) is 0 Å². The minimum Gasteiger partial charge on any atom is -0.480 e. The highest BCUT2D eigenvalue weighted by molar-refractivity contribution is 7.81. The highest BCUT2D eigenvalue weighted by atomic mass is 32.1. The van der Waals surface area contributed by atoms with Crippen LogP contribution in [0.25, 0.3) is 0 Å². The number of hydrogen-bond donors (Lipinski definition) is 5. The Bertz CT molecular complexity index is 259. The average Bonchev–Trinajstić information content (AvgIpc) is 2.21. The Hall–Kier alpha value is -0.890. The second-order valence-electron chi connectivity index (χ2n) is 2.58. The fourth-order valence-corrected chi connectivity index (χ4v) is 1.02. The van der Waals surface area contributed by atoms with Gasteiger partial charge in [-0.1, -0.05) is 0 Å². The zero-order valence-corrected chi connectivity index (χ0v) is 9.55. The minimum absolute atomic E-state index is 0.0123. The molecule has 0 aliphatic heterocycles. The van der Waals surface area contributed by atoms with Crippen LogP contribution in [0.4, 0.5) is 0 Å². The van der Waals surface area contributed by atoms with Gasteiger partial charge in [0.1, 0.15) is 6.04 Å². The highest BCUT2D eigenvalue weighted by Gasteiger charge is 2.17. The van der Waals surface area contributed by atoms with Crippen molar-refractivity contribution in [3.63, 3.8) is 0 Å². The van der Waals surface area contributed by atoms with Gasteiger partial charge in [0.2, 0.25) is 11.8 Å². The van der Waals surface area contributed by atoms with E-state index in [4.69, 9.17) is 5.11 Å². The summed E-state index contributed by atoms with van der Waals surface area (Å²) in [6.45, 7) is -0.267. The minimum atomic E-state index is -1.17. The van der Waals surface area contributed by atoms with Crippen LogP contribution in [-0.2, 0) is 14.4 Å². The van der Waals surface area contributed by atoms with Crippen molar-refractivity contribution in [3.05, 3.63) is 0 Å². The number of nitrogens with one attached hydrogen (secondary N) is 2. The Labute approximate surface area is 97.6 Å². The van der Waals surface area contributed by atoms with Crippen molar-refractivity contribution in [1.82, 2.24) is 10.6 Å². The molecular weight excluding hydrogens is 240 g/mol. The molecule has 6 nitrogen and oxygen atoms in total. The van der Waals surface area contributed by atoms with Crippen LogP contribution in [0.5, 0.6) is 0 Å². The summed E-state index contributed by atoms with van der Waals surface area (Å²) in [5, 5.41) is 13.0. The van der Waals surface area contributed by atoms with Gasteiger partial charge >= 0.3 is 5.97 Å². The van der Waals surface area contributed by atoms with Crippen LogP contribution >= 0.6 is 25.3 Å². The fraction of sp³-hybridized carbons (Fsp3) is 0.571. The monoisotopic (exact) mass is 252 g/mol. The van der Waals surface area contributed by atoms with Crippen molar-refractivity contribution < 1.29 is 19.5 Å². The van der Waals surface area contributed by atoms with Crippen molar-refractivity contribution >= 4 is 43.0 Å². The van der Waals surface area contributed by atoms with Gasteiger partial charge in [-0.05, 0) is 0 Å². The van der Waals surface area contributed by atoms with Crippen LogP contribution in [0, 0.1) is 0 Å². The van der Waals surface area contributed by atoms with E-state index in [2.05, 4.69) is 35.9 Å². The van der Waals surface area contributed by atoms with Crippen LogP contribution in [0.1, 0.15) is 0 Å². The number of rotatable bonds is 6. The summed E-state index contributed by atoms with van der Waals surface area (Å²) in [6.07, 6.45) is 0. The lowest BCUT2D eigenvalue weighted by atomic mass is 10.3. The Kier molecular flexibility index (Phi) is 6.97. The Morgan fingerprint density at radius 1 is 1.20 bits per heavy atom. The van der Waals surface area contributed by atoms with Crippen LogP contribution < -0.4 is 10.6 Å². The first-order valence-corrected chi connectivity index (χ1v) is 5.28. The van der Waals surface area contributed by atoms with E-state index in [9.17, 15) is 14.4 Å². The van der Waals surface area contributed by atoms with Gasteiger partial charge < -0.3 is 15.7 Å². The molecule has 0 aliphatic carbocycles. The van der Waals surface area contributed by atoms with Crippen LogP contribution in [0.2, 0.25) is 0 Å². The molecular formula is C7H12N2O4S2. The molecule has 1 unspecified atom stereocenters. The molecule has 0 radical (unpaired) electrons. The number of amides is 2. The molecule has 0 saturated carbocycles. The molecule has 0 aromatic heterocycles. The van der Waals surface area contributed by atoms with Crippen molar-refractivity contribution in [2.75, 3.05) is 18.1 Å². The van der Waals surface area contributed by atoms with E-state index in [1.54, 1.807) is 0 Å². The molecule has 2 amide bonds. The van der Waals surface area contributed by atoms with Crippen LogP contribution in [0.3, 0.4) is 0 Å². The maximum atomic E-state index is 11.1. The van der Waals surface area contributed by atoms with E-state index in [-0.39, 0.29) is 18.1 Å². The smallest absolute Gasteiger partial charge is 0.327 e. The first-order valence-electron chi connectivity index (χ1n) is 4.01. The van der Waals surface area contributed by atoms with Gasteiger partial charge in [0.15, 0.2) is 0 Å². The normalized spacial score (nSPS) is 11.6. The quantitative estimate of drug-likeness (QED) is 0.373. The maximum absolute atomic E-state index is 11.1. The second kappa shape index (κ2) is 7.41. The van der Waals surface area contributed by atoms with Crippen molar-refractivity contribution in [3.8, 4) is 0 Å². The topological polar surface area (TPSA) is 95.5 Å². The first-order chi connectivity index (χ1) is 7.01. The maximum Gasteiger partial charge on any atom is 0.327 e. The van der Waals surface area contributed by atoms with E-state index in [1.165, 1.54) is 0 Å². The number of carbonyl (C=O) groups excluding carboxylic acids is 2. The summed E-state index contributed by atoms with van der Waals surface area (Å²) in [5.74, 6) is -2.18. The molecule has 0 rings (SSSR count). The van der Waals surface area contributed by atoms with Crippen LogP contribution in [0.15, 0.2) is 0 Å². The lowest BCUT2D eigenvalue weighted by molar-refractivity contribution is -0.141. The molecule has 86 valence electrons. The molecule has 0 bridgehead atoms. The summed E-state index contributed by atoms with van der Waals surface area (Å²) in [5.41, 5.74) is 0. The van der Waals surface area contributed by atoms with Gasteiger partial charge in [0.25, 0.3) is 0 Å². The van der Waals surface area contributed by atoms with Gasteiger partial charge in [-0.3, -0.25) is 9.59 Å². The molecule has 15 heavy (non-hydrogen) atoms. The van der Waals surface area contributed by atoms with Crippen LogP contribution in [-0.4, -0.2) is 47.0 Å². The molecule has 8 heteroatoms. The van der Waals surface area contributed by atoms with Gasteiger partial charge in [0, 0.05) is 5.75 Å². The number of carboxylic acids is 1.